The second-order valence-corrected chi connectivity index (χ2v) is 4.81. The minimum Gasteiger partial charge on any atom is -0.497 e. The highest BCUT2D eigenvalue weighted by Gasteiger charge is 1.99. The van der Waals surface area contributed by atoms with Crippen LogP contribution in [0.4, 0.5) is 0 Å². The van der Waals surface area contributed by atoms with E-state index in [4.69, 9.17) is 9.47 Å². The number of rotatable bonds is 5. The van der Waals surface area contributed by atoms with E-state index in [-0.39, 0.29) is 0 Å². The monoisotopic (exact) mass is 279 g/mol. The highest BCUT2D eigenvalue weighted by molar-refractivity contribution is 5.79. The molecule has 0 saturated heterocycles. The van der Waals surface area contributed by atoms with Gasteiger partial charge in [0.05, 0.1) is 25.4 Å². The number of benzene rings is 2. The van der Waals surface area contributed by atoms with Crippen LogP contribution in [0.5, 0.6) is 11.5 Å². The number of pyridine rings is 1. The van der Waals surface area contributed by atoms with Crippen LogP contribution in [-0.4, -0.2) is 18.7 Å². The topological polar surface area (TPSA) is 31.4 Å². The summed E-state index contributed by atoms with van der Waals surface area (Å²) in [6.45, 7) is 0.631. The van der Waals surface area contributed by atoms with E-state index in [0.29, 0.717) is 6.61 Å². The summed E-state index contributed by atoms with van der Waals surface area (Å²) in [5, 5.41) is 1.10. The molecule has 0 aliphatic carbocycles. The first-order chi connectivity index (χ1) is 10.3. The molecule has 3 rings (SSSR count). The fourth-order valence-electron chi connectivity index (χ4n) is 2.21. The molecule has 0 amide bonds. The first kappa shape index (κ1) is 13.4. The van der Waals surface area contributed by atoms with Gasteiger partial charge >= 0.3 is 0 Å². The molecule has 1 aromatic heterocycles. The van der Waals surface area contributed by atoms with Gasteiger partial charge < -0.3 is 9.47 Å². The number of nitrogens with zero attached hydrogens (tertiary/aromatic N) is 1. The molecule has 2 aromatic carbocycles. The zero-order valence-corrected chi connectivity index (χ0v) is 12.0. The van der Waals surface area contributed by atoms with E-state index < -0.39 is 0 Å². The number of fused-ring (bicyclic) bond motifs is 1. The van der Waals surface area contributed by atoms with Crippen molar-refractivity contribution in [3.8, 4) is 11.5 Å². The number of ether oxygens (including phenoxy) is 2. The van der Waals surface area contributed by atoms with Crippen molar-refractivity contribution in [2.75, 3.05) is 13.7 Å². The predicted octanol–water partition coefficient (Wildman–Crippen LogP) is 3.86. The molecule has 3 aromatic rings. The van der Waals surface area contributed by atoms with Crippen molar-refractivity contribution in [3.63, 3.8) is 0 Å². The summed E-state index contributed by atoms with van der Waals surface area (Å²) in [5.41, 5.74) is 2.21. The predicted molar refractivity (Wildman–Crippen MR) is 83.9 cm³/mol. The zero-order valence-electron chi connectivity index (χ0n) is 12.0. The third-order valence-corrected chi connectivity index (χ3v) is 3.38. The fraction of sp³-hybridized carbons (Fsp3) is 0.167. The molecule has 0 atom stereocenters. The van der Waals surface area contributed by atoms with Crippen molar-refractivity contribution in [1.29, 1.82) is 0 Å². The van der Waals surface area contributed by atoms with E-state index in [0.717, 1.165) is 28.8 Å². The minimum atomic E-state index is 0.631. The maximum absolute atomic E-state index is 5.78. The van der Waals surface area contributed by atoms with Crippen LogP contribution in [0.2, 0.25) is 0 Å². The van der Waals surface area contributed by atoms with Gasteiger partial charge in [0.1, 0.15) is 11.5 Å². The molecule has 0 radical (unpaired) electrons. The lowest BCUT2D eigenvalue weighted by Crippen LogP contribution is -2.01. The van der Waals surface area contributed by atoms with Gasteiger partial charge in [-0.05, 0) is 29.8 Å². The van der Waals surface area contributed by atoms with Crippen LogP contribution in [-0.2, 0) is 6.42 Å². The Morgan fingerprint density at radius 3 is 2.57 bits per heavy atom. The van der Waals surface area contributed by atoms with E-state index in [1.807, 2.05) is 42.5 Å². The van der Waals surface area contributed by atoms with Gasteiger partial charge in [0.2, 0.25) is 0 Å². The summed E-state index contributed by atoms with van der Waals surface area (Å²) in [7, 11) is 1.67. The molecule has 0 bridgehead atoms. The van der Waals surface area contributed by atoms with Crippen molar-refractivity contribution in [3.05, 3.63) is 66.4 Å². The second-order valence-electron chi connectivity index (χ2n) is 4.81. The lowest BCUT2D eigenvalue weighted by Gasteiger charge is -2.07. The first-order valence-electron chi connectivity index (χ1n) is 6.96. The molecule has 0 fully saturated rings. The lowest BCUT2D eigenvalue weighted by molar-refractivity contribution is 0.321. The van der Waals surface area contributed by atoms with Crippen LogP contribution >= 0.6 is 0 Å². The van der Waals surface area contributed by atoms with Gasteiger partial charge in [0.15, 0.2) is 0 Å². The number of methoxy groups -OCH3 is 1. The third-order valence-electron chi connectivity index (χ3n) is 3.38. The summed E-state index contributed by atoms with van der Waals surface area (Å²) in [4.78, 5) is 4.39. The molecule has 106 valence electrons. The molecule has 0 saturated carbocycles. The van der Waals surface area contributed by atoms with Crippen LogP contribution in [0, 0.1) is 0 Å². The summed E-state index contributed by atoms with van der Waals surface area (Å²) in [6, 6.07) is 18.1. The number of aromatic nitrogens is 1. The smallest absolute Gasteiger partial charge is 0.138 e. The Kier molecular flexibility index (Phi) is 4.01. The Morgan fingerprint density at radius 1 is 0.952 bits per heavy atom. The van der Waals surface area contributed by atoms with Crippen molar-refractivity contribution in [1.82, 2.24) is 4.98 Å². The largest absolute Gasteiger partial charge is 0.497 e. The Bertz CT molecular complexity index is 723. The lowest BCUT2D eigenvalue weighted by atomic mass is 10.1. The highest BCUT2D eigenvalue weighted by Crippen LogP contribution is 2.18. The molecule has 0 aliphatic heterocycles. The molecule has 0 N–H and O–H groups in total. The van der Waals surface area contributed by atoms with Crippen molar-refractivity contribution < 1.29 is 9.47 Å². The molecule has 0 unspecified atom stereocenters. The Hall–Kier alpha value is -2.55. The molecule has 0 aliphatic rings. The van der Waals surface area contributed by atoms with E-state index in [1.54, 1.807) is 13.3 Å². The molecule has 3 nitrogen and oxygen atoms in total. The molecular weight excluding hydrogens is 262 g/mol. The van der Waals surface area contributed by atoms with Crippen LogP contribution in [0.1, 0.15) is 5.56 Å². The Labute approximate surface area is 124 Å². The van der Waals surface area contributed by atoms with E-state index in [1.165, 1.54) is 5.56 Å². The number of hydrogen-bond acceptors (Lipinski definition) is 3. The van der Waals surface area contributed by atoms with Crippen molar-refractivity contribution >= 4 is 10.9 Å². The molecule has 3 heteroatoms. The Balaban J connectivity index is 1.60. The van der Waals surface area contributed by atoms with Gasteiger partial charge in [0.25, 0.3) is 0 Å². The van der Waals surface area contributed by atoms with Crippen LogP contribution in [0.15, 0.2) is 60.8 Å². The maximum atomic E-state index is 5.78. The molecule has 1 heterocycles. The van der Waals surface area contributed by atoms with E-state index in [9.17, 15) is 0 Å². The fourth-order valence-corrected chi connectivity index (χ4v) is 2.21. The maximum Gasteiger partial charge on any atom is 0.138 e. The normalized spacial score (nSPS) is 10.5. The van der Waals surface area contributed by atoms with E-state index >= 15 is 0 Å². The van der Waals surface area contributed by atoms with Crippen molar-refractivity contribution in [2.24, 2.45) is 0 Å². The van der Waals surface area contributed by atoms with Gasteiger partial charge in [-0.2, -0.15) is 0 Å². The minimum absolute atomic E-state index is 0.631. The third kappa shape index (κ3) is 3.31. The SMILES string of the molecule is COc1ccc(CCOc2cnc3ccccc3c2)cc1. The molecule has 0 spiro atoms. The Morgan fingerprint density at radius 2 is 1.76 bits per heavy atom. The van der Waals surface area contributed by atoms with Gasteiger partial charge in [-0.25, -0.2) is 0 Å². The quantitative estimate of drug-likeness (QED) is 0.710. The molecule has 21 heavy (non-hydrogen) atoms. The van der Waals surface area contributed by atoms with Gasteiger partial charge in [-0.1, -0.05) is 30.3 Å². The van der Waals surface area contributed by atoms with Crippen molar-refractivity contribution in [2.45, 2.75) is 6.42 Å². The number of para-hydroxylation sites is 1. The second kappa shape index (κ2) is 6.27. The average molecular weight is 279 g/mol. The summed E-state index contributed by atoms with van der Waals surface area (Å²) < 4.78 is 10.9. The van der Waals surface area contributed by atoms with Gasteiger partial charge in [-0.15, -0.1) is 0 Å². The number of hydrogen-bond donors (Lipinski definition) is 0. The van der Waals surface area contributed by atoms with Crippen LogP contribution in [0.3, 0.4) is 0 Å². The van der Waals surface area contributed by atoms with Crippen LogP contribution < -0.4 is 9.47 Å². The summed E-state index contributed by atoms with van der Waals surface area (Å²) >= 11 is 0. The van der Waals surface area contributed by atoms with Crippen LogP contribution in [0.25, 0.3) is 10.9 Å². The summed E-state index contributed by atoms with van der Waals surface area (Å²) in [5.74, 6) is 1.68. The average Bonchev–Trinajstić information content (AvgIpc) is 2.55. The summed E-state index contributed by atoms with van der Waals surface area (Å²) in [6.07, 6.45) is 2.63. The zero-order chi connectivity index (χ0) is 14.5. The molecular formula is C18H17NO2. The van der Waals surface area contributed by atoms with Gasteiger partial charge in [-0.3, -0.25) is 4.98 Å². The first-order valence-corrected chi connectivity index (χ1v) is 6.96. The van der Waals surface area contributed by atoms with Gasteiger partial charge in [0, 0.05) is 11.8 Å². The highest BCUT2D eigenvalue weighted by atomic mass is 16.5. The standard InChI is InChI=1S/C18H17NO2/c1-20-16-8-6-14(7-9-16)10-11-21-17-12-15-4-2-3-5-18(15)19-13-17/h2-9,12-13H,10-11H2,1H3. The van der Waals surface area contributed by atoms with E-state index in [2.05, 4.69) is 17.1 Å².